The number of aryl methyl sites for hydroxylation is 1. The Hall–Kier alpha value is -2.83. The summed E-state index contributed by atoms with van der Waals surface area (Å²) in [6.45, 7) is 3.80. The van der Waals surface area contributed by atoms with Gasteiger partial charge in [-0.05, 0) is 50.8 Å². The van der Waals surface area contributed by atoms with Gasteiger partial charge in [0, 0.05) is 11.6 Å². The maximum Gasteiger partial charge on any atom is 0.256 e. The number of nitrogens with one attached hydrogen (secondary N) is 1. The van der Waals surface area contributed by atoms with Crippen molar-refractivity contribution in [3.8, 4) is 5.75 Å². The first-order chi connectivity index (χ1) is 11.9. The lowest BCUT2D eigenvalue weighted by Gasteiger charge is -2.15. The molecule has 0 saturated heterocycles. The van der Waals surface area contributed by atoms with Gasteiger partial charge in [0.2, 0.25) is 0 Å². The second-order valence-corrected chi connectivity index (χ2v) is 6.43. The molecule has 1 aliphatic rings. The number of nitrogens with two attached hydrogens (primary N) is 1. The van der Waals surface area contributed by atoms with Gasteiger partial charge in [0.1, 0.15) is 11.6 Å². The lowest BCUT2D eigenvalue weighted by Crippen LogP contribution is -2.20. The second-order valence-electron chi connectivity index (χ2n) is 6.43. The van der Waals surface area contributed by atoms with Crippen molar-refractivity contribution in [1.82, 2.24) is 9.78 Å². The van der Waals surface area contributed by atoms with E-state index in [1.807, 2.05) is 17.7 Å². The Balaban J connectivity index is 1.74. The number of benzene rings is 1. The Bertz CT molecular complexity index is 795. The van der Waals surface area contributed by atoms with E-state index in [-0.39, 0.29) is 18.6 Å². The standard InChI is InChI=1S/C18H22N4O3/c1-11-8-17(22(21-11)12(2)13-6-7-13)20-18(24)14-4-3-5-15(9-14)25-10-16(19)23/h3-5,8-9,12-13H,6-7,10H2,1-2H3,(H2,19,23)(H,20,24). The van der Waals surface area contributed by atoms with Crippen LogP contribution >= 0.6 is 0 Å². The quantitative estimate of drug-likeness (QED) is 0.806. The Labute approximate surface area is 146 Å². The smallest absolute Gasteiger partial charge is 0.256 e. The average molecular weight is 342 g/mol. The minimum absolute atomic E-state index is 0.226. The van der Waals surface area contributed by atoms with Gasteiger partial charge in [0.25, 0.3) is 11.8 Å². The molecule has 1 atom stereocenters. The van der Waals surface area contributed by atoms with Gasteiger partial charge in [-0.3, -0.25) is 9.59 Å². The van der Waals surface area contributed by atoms with Crippen molar-refractivity contribution < 1.29 is 14.3 Å². The van der Waals surface area contributed by atoms with Gasteiger partial charge >= 0.3 is 0 Å². The molecule has 0 spiro atoms. The second kappa shape index (κ2) is 6.96. The van der Waals surface area contributed by atoms with Crippen molar-refractivity contribution in [3.05, 3.63) is 41.6 Å². The number of hydrogen-bond donors (Lipinski definition) is 2. The normalized spacial score (nSPS) is 14.8. The number of amides is 2. The zero-order chi connectivity index (χ0) is 18.0. The van der Waals surface area contributed by atoms with Gasteiger partial charge in [-0.15, -0.1) is 0 Å². The van der Waals surface area contributed by atoms with Gasteiger partial charge in [0.05, 0.1) is 11.7 Å². The van der Waals surface area contributed by atoms with E-state index in [9.17, 15) is 9.59 Å². The SMILES string of the molecule is Cc1cc(NC(=O)c2cccc(OCC(N)=O)c2)n(C(C)C2CC2)n1. The van der Waals surface area contributed by atoms with E-state index in [1.54, 1.807) is 24.3 Å². The van der Waals surface area contributed by atoms with Gasteiger partial charge in [-0.25, -0.2) is 4.68 Å². The molecule has 1 heterocycles. The molecule has 25 heavy (non-hydrogen) atoms. The number of anilines is 1. The van der Waals surface area contributed by atoms with Gasteiger partial charge in [-0.2, -0.15) is 5.10 Å². The summed E-state index contributed by atoms with van der Waals surface area (Å²) in [6.07, 6.45) is 2.40. The first-order valence-corrected chi connectivity index (χ1v) is 8.32. The molecule has 132 valence electrons. The van der Waals surface area contributed by atoms with Crippen LogP contribution in [0.25, 0.3) is 0 Å². The summed E-state index contributed by atoms with van der Waals surface area (Å²) in [5.41, 5.74) is 6.36. The van der Waals surface area contributed by atoms with E-state index < -0.39 is 5.91 Å². The van der Waals surface area contributed by atoms with Gasteiger partial charge in [-0.1, -0.05) is 6.07 Å². The minimum Gasteiger partial charge on any atom is -0.484 e. The summed E-state index contributed by atoms with van der Waals surface area (Å²) >= 11 is 0. The summed E-state index contributed by atoms with van der Waals surface area (Å²) in [4.78, 5) is 23.4. The molecule has 7 nitrogen and oxygen atoms in total. The number of hydrogen-bond acceptors (Lipinski definition) is 4. The van der Waals surface area contributed by atoms with Gasteiger partial charge in [0.15, 0.2) is 6.61 Å². The number of nitrogens with zero attached hydrogens (tertiary/aromatic N) is 2. The van der Waals surface area contributed by atoms with E-state index in [4.69, 9.17) is 10.5 Å². The number of aromatic nitrogens is 2. The highest BCUT2D eigenvalue weighted by molar-refractivity contribution is 6.04. The van der Waals surface area contributed by atoms with Crippen LogP contribution in [0.3, 0.4) is 0 Å². The molecule has 2 amide bonds. The maximum absolute atomic E-state index is 12.6. The fraction of sp³-hybridized carbons (Fsp3) is 0.389. The highest BCUT2D eigenvalue weighted by Crippen LogP contribution is 2.40. The zero-order valence-corrected chi connectivity index (χ0v) is 14.4. The summed E-state index contributed by atoms with van der Waals surface area (Å²) < 4.78 is 7.13. The Morgan fingerprint density at radius 2 is 2.16 bits per heavy atom. The molecule has 2 aromatic rings. The number of carbonyl (C=O) groups excluding carboxylic acids is 2. The summed E-state index contributed by atoms with van der Waals surface area (Å²) in [5.74, 6) is 0.908. The first kappa shape index (κ1) is 17.0. The van der Waals surface area contributed by atoms with Crippen molar-refractivity contribution in [1.29, 1.82) is 0 Å². The van der Waals surface area contributed by atoms with E-state index in [1.165, 1.54) is 12.8 Å². The molecule has 1 fully saturated rings. The predicted molar refractivity (Wildman–Crippen MR) is 93.5 cm³/mol. The molecule has 0 bridgehead atoms. The highest BCUT2D eigenvalue weighted by atomic mass is 16.5. The van der Waals surface area contributed by atoms with Crippen LogP contribution in [0.2, 0.25) is 0 Å². The van der Waals surface area contributed by atoms with Crippen LogP contribution < -0.4 is 15.8 Å². The number of ether oxygens (including phenoxy) is 1. The third-order valence-electron chi connectivity index (χ3n) is 4.27. The molecular formula is C18H22N4O3. The summed E-state index contributed by atoms with van der Waals surface area (Å²) in [6, 6.07) is 8.75. The van der Waals surface area contributed by atoms with Crippen LogP contribution in [-0.2, 0) is 4.79 Å². The molecule has 0 aliphatic heterocycles. The van der Waals surface area contributed by atoms with Crippen LogP contribution in [0.4, 0.5) is 5.82 Å². The summed E-state index contributed by atoms with van der Waals surface area (Å²) in [5, 5.41) is 7.43. The van der Waals surface area contributed by atoms with Crippen LogP contribution in [-0.4, -0.2) is 28.2 Å². The fourth-order valence-electron chi connectivity index (χ4n) is 2.77. The zero-order valence-electron chi connectivity index (χ0n) is 14.4. The Kier molecular flexibility index (Phi) is 4.74. The van der Waals surface area contributed by atoms with Crippen molar-refractivity contribution in [3.63, 3.8) is 0 Å². The molecule has 7 heteroatoms. The minimum atomic E-state index is -0.566. The highest BCUT2D eigenvalue weighted by Gasteiger charge is 2.31. The van der Waals surface area contributed by atoms with Crippen molar-refractivity contribution in [2.45, 2.75) is 32.7 Å². The summed E-state index contributed by atoms with van der Waals surface area (Å²) in [7, 11) is 0. The molecule has 3 rings (SSSR count). The molecule has 1 aliphatic carbocycles. The Morgan fingerprint density at radius 1 is 1.40 bits per heavy atom. The average Bonchev–Trinajstić information content (AvgIpc) is 3.36. The largest absolute Gasteiger partial charge is 0.484 e. The van der Waals surface area contributed by atoms with Crippen molar-refractivity contribution >= 4 is 17.6 Å². The van der Waals surface area contributed by atoms with Crippen LogP contribution in [0, 0.1) is 12.8 Å². The molecular weight excluding hydrogens is 320 g/mol. The van der Waals surface area contributed by atoms with Crippen LogP contribution in [0.1, 0.15) is 41.9 Å². The predicted octanol–water partition coefficient (Wildman–Crippen LogP) is 2.28. The fourth-order valence-corrected chi connectivity index (χ4v) is 2.77. The third-order valence-corrected chi connectivity index (χ3v) is 4.27. The van der Waals surface area contributed by atoms with Crippen molar-refractivity contribution in [2.24, 2.45) is 11.7 Å². The third kappa shape index (κ3) is 4.17. The number of rotatable bonds is 7. The van der Waals surface area contributed by atoms with E-state index in [0.717, 1.165) is 5.69 Å². The van der Waals surface area contributed by atoms with Crippen molar-refractivity contribution in [2.75, 3.05) is 11.9 Å². The number of primary amides is 1. The van der Waals surface area contributed by atoms with E-state index in [0.29, 0.717) is 23.0 Å². The molecule has 3 N–H and O–H groups in total. The monoisotopic (exact) mass is 342 g/mol. The lowest BCUT2D eigenvalue weighted by atomic mass is 10.2. The number of carbonyl (C=O) groups is 2. The van der Waals surface area contributed by atoms with E-state index in [2.05, 4.69) is 17.3 Å². The van der Waals surface area contributed by atoms with Crippen LogP contribution in [0.15, 0.2) is 30.3 Å². The van der Waals surface area contributed by atoms with Gasteiger partial charge < -0.3 is 15.8 Å². The van der Waals surface area contributed by atoms with Crippen LogP contribution in [0.5, 0.6) is 5.75 Å². The van der Waals surface area contributed by atoms with E-state index >= 15 is 0 Å². The Morgan fingerprint density at radius 3 is 2.84 bits per heavy atom. The molecule has 1 saturated carbocycles. The molecule has 1 unspecified atom stereocenters. The lowest BCUT2D eigenvalue weighted by molar-refractivity contribution is -0.119. The first-order valence-electron chi connectivity index (χ1n) is 8.32. The molecule has 1 aromatic heterocycles. The molecule has 1 aromatic carbocycles. The molecule has 0 radical (unpaired) electrons. The maximum atomic E-state index is 12.6. The topological polar surface area (TPSA) is 99.2 Å².